The minimum atomic E-state index is -0.483. The molecule has 0 radical (unpaired) electrons. The smallest absolute Gasteiger partial charge is 0.272 e. The fourth-order valence-electron chi connectivity index (χ4n) is 2.32. The Kier molecular flexibility index (Phi) is 5.41. The molecule has 27 heavy (non-hydrogen) atoms. The van der Waals surface area contributed by atoms with E-state index in [0.717, 1.165) is 10.0 Å². The van der Waals surface area contributed by atoms with Crippen molar-refractivity contribution in [3.8, 4) is 11.3 Å². The van der Waals surface area contributed by atoms with Crippen LogP contribution in [0.1, 0.15) is 23.0 Å². The number of hydrogen-bond acceptors (Lipinski definition) is 5. The van der Waals surface area contributed by atoms with Gasteiger partial charge in [0.15, 0.2) is 0 Å². The van der Waals surface area contributed by atoms with Crippen LogP contribution in [0.2, 0.25) is 0 Å². The van der Waals surface area contributed by atoms with E-state index in [-0.39, 0.29) is 11.4 Å². The maximum absolute atomic E-state index is 12.2. The molecule has 0 atom stereocenters. The van der Waals surface area contributed by atoms with Crippen LogP contribution in [-0.2, 0) is 0 Å². The summed E-state index contributed by atoms with van der Waals surface area (Å²) in [5, 5.41) is 21.6. The molecule has 1 amide bonds. The molecule has 2 N–H and O–H groups in total. The molecule has 0 bridgehead atoms. The second-order valence-electron chi connectivity index (χ2n) is 5.62. The number of carbonyl (C=O) groups is 1. The Morgan fingerprint density at radius 2 is 1.96 bits per heavy atom. The van der Waals surface area contributed by atoms with Crippen LogP contribution < -0.4 is 5.43 Å². The van der Waals surface area contributed by atoms with E-state index in [1.807, 2.05) is 24.3 Å². The molecule has 0 spiro atoms. The molecule has 8 nitrogen and oxygen atoms in total. The number of nitro benzene ring substituents is 1. The lowest BCUT2D eigenvalue weighted by Crippen LogP contribution is -2.19. The van der Waals surface area contributed by atoms with Gasteiger partial charge in [0.2, 0.25) is 0 Å². The van der Waals surface area contributed by atoms with Crippen LogP contribution in [0, 0.1) is 10.1 Å². The van der Waals surface area contributed by atoms with E-state index >= 15 is 0 Å². The largest absolute Gasteiger partial charge is 0.289 e. The second kappa shape index (κ2) is 7.92. The third-order valence-corrected chi connectivity index (χ3v) is 4.29. The van der Waals surface area contributed by atoms with Crippen molar-refractivity contribution in [2.24, 2.45) is 5.10 Å². The Labute approximate surface area is 162 Å². The fraction of sp³-hybridized carbons (Fsp3) is 0.0556. The van der Waals surface area contributed by atoms with E-state index in [4.69, 9.17) is 0 Å². The lowest BCUT2D eigenvalue weighted by molar-refractivity contribution is -0.384. The molecule has 0 saturated carbocycles. The Hall–Kier alpha value is -3.33. The van der Waals surface area contributed by atoms with Crippen LogP contribution in [0.5, 0.6) is 0 Å². The number of hydrazone groups is 1. The van der Waals surface area contributed by atoms with Crippen molar-refractivity contribution < 1.29 is 9.72 Å². The zero-order valence-electron chi connectivity index (χ0n) is 14.1. The number of nitrogens with one attached hydrogen (secondary N) is 2. The number of hydrogen-bond donors (Lipinski definition) is 2. The highest BCUT2D eigenvalue weighted by Gasteiger charge is 2.13. The minimum absolute atomic E-state index is 0.0452. The topological polar surface area (TPSA) is 113 Å². The Morgan fingerprint density at radius 3 is 2.67 bits per heavy atom. The van der Waals surface area contributed by atoms with Crippen molar-refractivity contribution in [1.29, 1.82) is 0 Å². The number of carbonyl (C=O) groups excluding carboxylic acids is 1. The predicted molar refractivity (Wildman–Crippen MR) is 104 cm³/mol. The summed E-state index contributed by atoms with van der Waals surface area (Å²) < 4.78 is 0.953. The van der Waals surface area contributed by atoms with Crippen LogP contribution in [0.25, 0.3) is 11.3 Å². The normalized spacial score (nSPS) is 11.3. The van der Waals surface area contributed by atoms with E-state index in [2.05, 4.69) is 36.7 Å². The minimum Gasteiger partial charge on any atom is -0.272 e. The number of amides is 1. The molecule has 1 heterocycles. The number of nitrogens with zero attached hydrogens (tertiary/aromatic N) is 3. The zero-order valence-corrected chi connectivity index (χ0v) is 15.7. The average Bonchev–Trinajstić information content (AvgIpc) is 3.17. The van der Waals surface area contributed by atoms with Crippen molar-refractivity contribution in [1.82, 2.24) is 15.6 Å². The van der Waals surface area contributed by atoms with Gasteiger partial charge in [-0.1, -0.05) is 40.2 Å². The molecule has 1 aromatic heterocycles. The number of benzene rings is 2. The summed E-state index contributed by atoms with van der Waals surface area (Å²) in [4.78, 5) is 22.6. The number of aromatic amines is 1. The van der Waals surface area contributed by atoms with Crippen molar-refractivity contribution in [2.75, 3.05) is 0 Å². The fourth-order valence-corrected chi connectivity index (χ4v) is 2.58. The predicted octanol–water partition coefficient (Wildman–Crippen LogP) is 3.90. The molecule has 136 valence electrons. The quantitative estimate of drug-likeness (QED) is 0.365. The highest BCUT2D eigenvalue weighted by atomic mass is 79.9. The van der Waals surface area contributed by atoms with Crippen LogP contribution in [0.3, 0.4) is 0 Å². The Balaban J connectivity index is 1.73. The zero-order chi connectivity index (χ0) is 19.4. The molecule has 2 aromatic carbocycles. The number of non-ortho nitro benzene ring substituents is 1. The van der Waals surface area contributed by atoms with Crippen molar-refractivity contribution in [2.45, 2.75) is 6.92 Å². The maximum Gasteiger partial charge on any atom is 0.289 e. The standard InChI is InChI=1S/C18H14BrN5O3/c1-11(12-5-7-14(19)8-6-12)20-23-18(25)17-10-16(21-22-17)13-3-2-4-15(9-13)24(26)27/h2-10H,1H3,(H,21,22)(H,23,25). The summed E-state index contributed by atoms with van der Waals surface area (Å²) in [5.74, 6) is -0.462. The van der Waals surface area contributed by atoms with Gasteiger partial charge in [0.25, 0.3) is 11.6 Å². The van der Waals surface area contributed by atoms with Gasteiger partial charge in [-0.25, -0.2) is 5.43 Å². The molecule has 0 aliphatic rings. The van der Waals surface area contributed by atoms with Gasteiger partial charge >= 0.3 is 0 Å². The van der Waals surface area contributed by atoms with Crippen molar-refractivity contribution in [3.05, 3.63) is 80.4 Å². The monoisotopic (exact) mass is 427 g/mol. The van der Waals surface area contributed by atoms with Gasteiger partial charge in [0.05, 0.1) is 16.3 Å². The second-order valence-corrected chi connectivity index (χ2v) is 6.54. The van der Waals surface area contributed by atoms with Crippen molar-refractivity contribution in [3.63, 3.8) is 0 Å². The molecule has 0 saturated heterocycles. The van der Waals surface area contributed by atoms with Crippen LogP contribution in [-0.4, -0.2) is 26.7 Å². The lowest BCUT2D eigenvalue weighted by Gasteiger charge is -2.02. The third-order valence-electron chi connectivity index (χ3n) is 3.76. The average molecular weight is 428 g/mol. The summed E-state index contributed by atoms with van der Waals surface area (Å²) in [5.41, 5.74) is 5.10. The van der Waals surface area contributed by atoms with Crippen LogP contribution >= 0.6 is 15.9 Å². The van der Waals surface area contributed by atoms with Crippen LogP contribution in [0.4, 0.5) is 5.69 Å². The molecule has 0 aliphatic heterocycles. The van der Waals surface area contributed by atoms with E-state index in [0.29, 0.717) is 17.0 Å². The molecular formula is C18H14BrN5O3. The summed E-state index contributed by atoms with van der Waals surface area (Å²) in [6.45, 7) is 1.78. The molecule has 3 aromatic rings. The molecule has 0 unspecified atom stereocenters. The first-order chi connectivity index (χ1) is 12.9. The third kappa shape index (κ3) is 4.45. The van der Waals surface area contributed by atoms with Crippen molar-refractivity contribution >= 4 is 33.2 Å². The SMILES string of the molecule is CC(=NNC(=O)c1cc(-c2cccc([N+](=O)[O-])c2)n[nH]1)c1ccc(Br)cc1. The number of aromatic nitrogens is 2. The van der Waals surface area contributed by atoms with Gasteiger partial charge in [-0.3, -0.25) is 20.0 Å². The van der Waals surface area contributed by atoms with E-state index in [1.165, 1.54) is 18.2 Å². The van der Waals surface area contributed by atoms with Crippen LogP contribution in [0.15, 0.2) is 64.2 Å². The lowest BCUT2D eigenvalue weighted by atomic mass is 10.1. The Morgan fingerprint density at radius 1 is 1.22 bits per heavy atom. The highest BCUT2D eigenvalue weighted by Crippen LogP contribution is 2.22. The van der Waals surface area contributed by atoms with Gasteiger partial charge in [-0.15, -0.1) is 0 Å². The van der Waals surface area contributed by atoms with Gasteiger partial charge < -0.3 is 0 Å². The maximum atomic E-state index is 12.2. The molecule has 0 aliphatic carbocycles. The molecular weight excluding hydrogens is 414 g/mol. The first-order valence-corrected chi connectivity index (χ1v) is 8.64. The molecule has 0 fully saturated rings. The number of H-pyrrole nitrogens is 1. The highest BCUT2D eigenvalue weighted by molar-refractivity contribution is 9.10. The summed E-state index contributed by atoms with van der Waals surface area (Å²) >= 11 is 3.36. The van der Waals surface area contributed by atoms with E-state index in [9.17, 15) is 14.9 Å². The summed E-state index contributed by atoms with van der Waals surface area (Å²) in [6, 6.07) is 15.1. The summed E-state index contributed by atoms with van der Waals surface area (Å²) in [7, 11) is 0. The number of rotatable bonds is 5. The number of nitro groups is 1. The number of halogens is 1. The van der Waals surface area contributed by atoms with Gasteiger partial charge in [0, 0.05) is 22.2 Å². The van der Waals surface area contributed by atoms with E-state index in [1.54, 1.807) is 19.1 Å². The van der Waals surface area contributed by atoms with E-state index < -0.39 is 10.8 Å². The summed E-state index contributed by atoms with van der Waals surface area (Å²) in [6.07, 6.45) is 0. The first-order valence-electron chi connectivity index (χ1n) is 7.85. The van der Waals surface area contributed by atoms with Gasteiger partial charge in [-0.05, 0) is 30.7 Å². The first kappa shape index (κ1) is 18.5. The van der Waals surface area contributed by atoms with Gasteiger partial charge in [-0.2, -0.15) is 10.2 Å². The molecule has 9 heteroatoms. The Bertz CT molecular complexity index is 1030. The molecule has 3 rings (SSSR count). The van der Waals surface area contributed by atoms with Gasteiger partial charge in [0.1, 0.15) is 5.69 Å².